The van der Waals surface area contributed by atoms with Crippen molar-refractivity contribution in [2.24, 2.45) is 0 Å². The monoisotopic (exact) mass is 267 g/mol. The number of ether oxygens (including phenoxy) is 2. The van der Waals surface area contributed by atoms with Gasteiger partial charge in [-0.1, -0.05) is 0 Å². The zero-order chi connectivity index (χ0) is 13.5. The van der Waals surface area contributed by atoms with Gasteiger partial charge in [0.05, 0.1) is 13.2 Å². The number of hydrogen-bond donors (Lipinski definition) is 2. The highest BCUT2D eigenvalue weighted by Crippen LogP contribution is 2.16. The Morgan fingerprint density at radius 1 is 1.26 bits per heavy atom. The molecule has 0 radical (unpaired) electrons. The minimum absolute atomic E-state index is 0.302. The van der Waals surface area contributed by atoms with Crippen LogP contribution in [0.4, 0.5) is 11.9 Å². The zero-order valence-corrected chi connectivity index (χ0v) is 11.5. The second-order valence-electron chi connectivity index (χ2n) is 4.42. The second-order valence-corrected chi connectivity index (χ2v) is 4.42. The standard InChI is InChI=1S/C12H21N5O2/c1-13-10-15-11(17-12(16-10)18-2)14-7-6-9-5-3-4-8-19-9/h9H,3-8H2,1-2H3,(H2,13,14,15,16,17). The van der Waals surface area contributed by atoms with E-state index in [0.717, 1.165) is 26.0 Å². The lowest BCUT2D eigenvalue weighted by Crippen LogP contribution is -2.22. The number of anilines is 2. The Kier molecular flexibility index (Phi) is 5.14. The van der Waals surface area contributed by atoms with E-state index in [1.165, 1.54) is 20.0 Å². The molecule has 1 unspecified atom stereocenters. The quantitative estimate of drug-likeness (QED) is 0.803. The molecular weight excluding hydrogens is 246 g/mol. The van der Waals surface area contributed by atoms with Gasteiger partial charge in [0.2, 0.25) is 11.9 Å². The highest BCUT2D eigenvalue weighted by molar-refractivity contribution is 5.35. The molecule has 1 aliphatic rings. The van der Waals surface area contributed by atoms with E-state index < -0.39 is 0 Å². The third kappa shape index (κ3) is 4.20. The van der Waals surface area contributed by atoms with E-state index in [0.29, 0.717) is 24.0 Å². The number of nitrogens with zero attached hydrogens (tertiary/aromatic N) is 3. The molecule has 1 saturated heterocycles. The fourth-order valence-electron chi connectivity index (χ4n) is 2.02. The van der Waals surface area contributed by atoms with Crippen LogP contribution in [-0.2, 0) is 4.74 Å². The summed E-state index contributed by atoms with van der Waals surface area (Å²) in [7, 11) is 3.29. The molecule has 1 aromatic heterocycles. The van der Waals surface area contributed by atoms with Gasteiger partial charge in [-0.2, -0.15) is 15.0 Å². The number of methoxy groups -OCH3 is 1. The van der Waals surface area contributed by atoms with Gasteiger partial charge in [-0.3, -0.25) is 0 Å². The predicted molar refractivity (Wildman–Crippen MR) is 72.6 cm³/mol. The van der Waals surface area contributed by atoms with Crippen LogP contribution in [0.15, 0.2) is 0 Å². The minimum Gasteiger partial charge on any atom is -0.467 e. The van der Waals surface area contributed by atoms with Crippen molar-refractivity contribution in [2.75, 3.05) is 37.9 Å². The topological polar surface area (TPSA) is 81.2 Å². The number of hydrogen-bond acceptors (Lipinski definition) is 7. The van der Waals surface area contributed by atoms with Crippen LogP contribution in [0.5, 0.6) is 6.01 Å². The average Bonchev–Trinajstić information content (AvgIpc) is 2.48. The molecule has 2 heterocycles. The summed E-state index contributed by atoms with van der Waals surface area (Å²) in [5.41, 5.74) is 0. The Hall–Kier alpha value is -1.63. The molecule has 1 aliphatic heterocycles. The molecule has 106 valence electrons. The summed E-state index contributed by atoms with van der Waals surface area (Å²) < 4.78 is 10.7. The third-order valence-corrected chi connectivity index (χ3v) is 3.04. The van der Waals surface area contributed by atoms with E-state index in [1.54, 1.807) is 7.05 Å². The van der Waals surface area contributed by atoms with Gasteiger partial charge in [0.1, 0.15) is 0 Å². The molecule has 0 amide bonds. The van der Waals surface area contributed by atoms with Gasteiger partial charge in [-0.25, -0.2) is 0 Å². The number of rotatable bonds is 6. The van der Waals surface area contributed by atoms with E-state index in [-0.39, 0.29) is 0 Å². The van der Waals surface area contributed by atoms with Crippen LogP contribution in [0.3, 0.4) is 0 Å². The molecule has 1 fully saturated rings. The molecular formula is C12H21N5O2. The predicted octanol–water partition coefficient (Wildman–Crippen LogP) is 1.29. The summed E-state index contributed by atoms with van der Waals surface area (Å²) in [6.07, 6.45) is 4.90. The summed E-state index contributed by atoms with van der Waals surface area (Å²) in [6, 6.07) is 0.302. The van der Waals surface area contributed by atoms with Crippen LogP contribution in [0.1, 0.15) is 25.7 Å². The van der Waals surface area contributed by atoms with Crippen LogP contribution < -0.4 is 15.4 Å². The maximum absolute atomic E-state index is 5.68. The van der Waals surface area contributed by atoms with Gasteiger partial charge in [-0.05, 0) is 25.7 Å². The first-order valence-electron chi connectivity index (χ1n) is 6.65. The first-order valence-corrected chi connectivity index (χ1v) is 6.65. The van der Waals surface area contributed by atoms with Gasteiger partial charge in [0.15, 0.2) is 0 Å². The molecule has 0 saturated carbocycles. The highest BCUT2D eigenvalue weighted by Gasteiger charge is 2.13. The SMILES string of the molecule is CNc1nc(NCCC2CCCCO2)nc(OC)n1. The molecule has 1 atom stereocenters. The Morgan fingerprint density at radius 3 is 2.79 bits per heavy atom. The average molecular weight is 267 g/mol. The number of nitrogens with one attached hydrogen (secondary N) is 2. The summed E-state index contributed by atoms with van der Waals surface area (Å²) in [4.78, 5) is 12.4. The molecule has 2 rings (SSSR count). The number of aromatic nitrogens is 3. The van der Waals surface area contributed by atoms with Crippen LogP contribution in [0.25, 0.3) is 0 Å². The van der Waals surface area contributed by atoms with Crippen LogP contribution in [0, 0.1) is 0 Å². The summed E-state index contributed by atoms with van der Waals surface area (Å²) >= 11 is 0. The molecule has 7 nitrogen and oxygen atoms in total. The molecule has 0 aromatic carbocycles. The lowest BCUT2D eigenvalue weighted by atomic mass is 10.1. The van der Waals surface area contributed by atoms with Gasteiger partial charge >= 0.3 is 6.01 Å². The van der Waals surface area contributed by atoms with Gasteiger partial charge in [0, 0.05) is 20.2 Å². The summed E-state index contributed by atoms with van der Waals surface area (Å²) in [5, 5.41) is 6.05. The van der Waals surface area contributed by atoms with Crippen molar-refractivity contribution in [1.29, 1.82) is 0 Å². The summed E-state index contributed by atoms with van der Waals surface area (Å²) in [6.45, 7) is 1.66. The van der Waals surface area contributed by atoms with Crippen molar-refractivity contribution >= 4 is 11.9 Å². The third-order valence-electron chi connectivity index (χ3n) is 3.04. The summed E-state index contributed by atoms with van der Waals surface area (Å²) in [5.74, 6) is 1.01. The Morgan fingerprint density at radius 2 is 2.11 bits per heavy atom. The first-order chi connectivity index (χ1) is 9.31. The molecule has 0 bridgehead atoms. The van der Waals surface area contributed by atoms with Crippen molar-refractivity contribution in [2.45, 2.75) is 31.8 Å². The fraction of sp³-hybridized carbons (Fsp3) is 0.750. The molecule has 0 aliphatic carbocycles. The normalized spacial score (nSPS) is 18.9. The Labute approximate surface area is 113 Å². The fourth-order valence-corrected chi connectivity index (χ4v) is 2.02. The Balaban J connectivity index is 1.84. The van der Waals surface area contributed by atoms with E-state index in [9.17, 15) is 0 Å². The van der Waals surface area contributed by atoms with E-state index in [4.69, 9.17) is 9.47 Å². The van der Waals surface area contributed by atoms with Crippen molar-refractivity contribution in [3.63, 3.8) is 0 Å². The highest BCUT2D eigenvalue weighted by atomic mass is 16.5. The van der Waals surface area contributed by atoms with Crippen LogP contribution in [0.2, 0.25) is 0 Å². The lowest BCUT2D eigenvalue weighted by Gasteiger charge is -2.22. The van der Waals surface area contributed by atoms with E-state index in [2.05, 4.69) is 25.6 Å². The van der Waals surface area contributed by atoms with Gasteiger partial charge in [0.25, 0.3) is 0 Å². The molecule has 2 N–H and O–H groups in total. The smallest absolute Gasteiger partial charge is 0.322 e. The molecule has 7 heteroatoms. The lowest BCUT2D eigenvalue weighted by molar-refractivity contribution is 0.0134. The molecule has 1 aromatic rings. The van der Waals surface area contributed by atoms with Crippen molar-refractivity contribution < 1.29 is 9.47 Å². The van der Waals surface area contributed by atoms with E-state index >= 15 is 0 Å². The van der Waals surface area contributed by atoms with E-state index in [1.807, 2.05) is 0 Å². The zero-order valence-electron chi connectivity index (χ0n) is 11.5. The van der Waals surface area contributed by atoms with Crippen LogP contribution >= 0.6 is 0 Å². The largest absolute Gasteiger partial charge is 0.467 e. The molecule has 0 spiro atoms. The van der Waals surface area contributed by atoms with Crippen molar-refractivity contribution in [3.05, 3.63) is 0 Å². The molecule has 19 heavy (non-hydrogen) atoms. The Bertz CT molecular complexity index is 373. The van der Waals surface area contributed by atoms with Crippen molar-refractivity contribution in [3.8, 4) is 6.01 Å². The second kappa shape index (κ2) is 7.08. The maximum atomic E-state index is 5.68. The van der Waals surface area contributed by atoms with Gasteiger partial charge < -0.3 is 20.1 Å². The van der Waals surface area contributed by atoms with Gasteiger partial charge in [-0.15, -0.1) is 0 Å². The maximum Gasteiger partial charge on any atom is 0.322 e. The first kappa shape index (κ1) is 13.8. The van der Waals surface area contributed by atoms with Crippen molar-refractivity contribution in [1.82, 2.24) is 15.0 Å². The minimum atomic E-state index is 0.302. The van der Waals surface area contributed by atoms with Crippen LogP contribution in [-0.4, -0.2) is 48.4 Å².